The van der Waals surface area contributed by atoms with Crippen molar-refractivity contribution in [2.75, 3.05) is 23.7 Å². The summed E-state index contributed by atoms with van der Waals surface area (Å²) in [6.07, 6.45) is 2.88. The molecule has 2 saturated heterocycles. The first-order chi connectivity index (χ1) is 24.3. The monoisotopic (exact) mass is 693 g/mol. The average Bonchev–Trinajstić information content (AvgIpc) is 3.74. The van der Waals surface area contributed by atoms with Crippen molar-refractivity contribution in [1.29, 1.82) is 0 Å². The van der Waals surface area contributed by atoms with Gasteiger partial charge in [-0.1, -0.05) is 12.1 Å². The fourth-order valence-electron chi connectivity index (χ4n) is 6.61. The number of hydrogen-bond acceptors (Lipinski definition) is 8. The minimum absolute atomic E-state index is 0.107. The van der Waals surface area contributed by atoms with Crippen LogP contribution < -0.4 is 25.4 Å². The molecule has 0 unspecified atom stereocenters. The molecular weight excluding hydrogens is 653 g/mol. The molecule has 4 N–H and O–H groups in total. The number of aryl methyl sites for hydroxylation is 1. The predicted molar refractivity (Wildman–Crippen MR) is 191 cm³/mol. The molecule has 51 heavy (non-hydrogen) atoms. The van der Waals surface area contributed by atoms with Crippen LogP contribution in [0.2, 0.25) is 0 Å². The van der Waals surface area contributed by atoms with E-state index in [2.05, 4.69) is 34.1 Å². The Labute approximate surface area is 294 Å². The molecule has 264 valence electrons. The number of nitrogen functional groups attached to an aromatic ring is 1. The summed E-state index contributed by atoms with van der Waals surface area (Å²) in [5, 5.41) is 7.79. The standard InChI is InChI=1S/C38H40FN7O5/c1-21(2)44-14-12-25(13-15-44)50-33-18-23-17-29(42-28(23)19-30(33)45-36(48)38(4,5)43-37(45)49)34(47)26-20-41-46(35(26)40)24-10-11-31(22(3)16-24)51-32-9-7-6-8-27(32)39/h6-11,16-21,25,42H,12-15,40H2,1-5H3,(H,43,49). The Balaban J connectivity index is 1.18. The number of carbonyl (C=O) groups excluding carboxylic acids is 3. The number of hydrogen-bond donors (Lipinski definition) is 3. The molecule has 12 nitrogen and oxygen atoms in total. The molecule has 5 aromatic rings. The molecule has 0 spiro atoms. The van der Waals surface area contributed by atoms with Gasteiger partial charge in [-0.2, -0.15) is 5.10 Å². The van der Waals surface area contributed by atoms with Crippen LogP contribution in [-0.4, -0.2) is 68.2 Å². The Bertz CT molecular complexity index is 2180. The molecule has 0 saturated carbocycles. The normalized spacial score (nSPS) is 16.6. The number of ketones is 1. The van der Waals surface area contributed by atoms with Gasteiger partial charge >= 0.3 is 6.03 Å². The van der Waals surface area contributed by atoms with Gasteiger partial charge in [0.2, 0.25) is 5.78 Å². The number of aromatic nitrogens is 3. The number of carbonyl (C=O) groups is 3. The first-order valence-electron chi connectivity index (χ1n) is 17.0. The van der Waals surface area contributed by atoms with E-state index in [0.717, 1.165) is 30.8 Å². The maximum atomic E-state index is 14.2. The largest absolute Gasteiger partial charge is 0.488 e. The average molecular weight is 694 g/mol. The molecule has 0 aliphatic carbocycles. The van der Waals surface area contributed by atoms with Crippen LogP contribution in [0.3, 0.4) is 0 Å². The summed E-state index contributed by atoms with van der Waals surface area (Å²) in [5.41, 5.74) is 7.95. The summed E-state index contributed by atoms with van der Waals surface area (Å²) < 4.78 is 27.9. The molecule has 2 fully saturated rings. The summed E-state index contributed by atoms with van der Waals surface area (Å²) in [4.78, 5) is 47.0. The highest BCUT2D eigenvalue weighted by molar-refractivity contribution is 6.24. The van der Waals surface area contributed by atoms with Gasteiger partial charge in [0, 0.05) is 30.0 Å². The second kappa shape index (κ2) is 12.9. The van der Waals surface area contributed by atoms with Gasteiger partial charge in [-0.15, -0.1) is 0 Å². The SMILES string of the molecule is Cc1cc(-n2ncc(C(=O)c3cc4cc(OC5CCN(C(C)C)CC5)c(N5C(=O)NC(C)(C)C5=O)cc4[nH]3)c2N)ccc1Oc1ccccc1F. The van der Waals surface area contributed by atoms with Crippen LogP contribution in [0.1, 0.15) is 62.2 Å². The summed E-state index contributed by atoms with van der Waals surface area (Å²) in [7, 11) is 0. The van der Waals surface area contributed by atoms with Crippen molar-refractivity contribution < 1.29 is 28.2 Å². The molecule has 2 aromatic heterocycles. The third-order valence-corrected chi connectivity index (χ3v) is 9.56. The highest BCUT2D eigenvalue weighted by atomic mass is 19.1. The maximum absolute atomic E-state index is 14.2. The molecule has 2 aliphatic heterocycles. The number of ether oxygens (including phenoxy) is 2. The van der Waals surface area contributed by atoms with E-state index in [1.165, 1.54) is 16.9 Å². The Morgan fingerprint density at radius 3 is 2.43 bits per heavy atom. The first-order valence-corrected chi connectivity index (χ1v) is 17.0. The van der Waals surface area contributed by atoms with Crippen molar-refractivity contribution in [3.8, 4) is 22.9 Å². The van der Waals surface area contributed by atoms with Gasteiger partial charge < -0.3 is 30.4 Å². The number of nitrogens with two attached hydrogens (primary N) is 1. The zero-order chi connectivity index (χ0) is 36.2. The number of halogens is 1. The number of anilines is 2. The minimum atomic E-state index is -1.09. The fraction of sp³-hybridized carbons (Fsp3) is 0.316. The second-order valence-corrected chi connectivity index (χ2v) is 13.9. The molecule has 0 atom stereocenters. The fourth-order valence-corrected chi connectivity index (χ4v) is 6.61. The number of H-pyrrole nitrogens is 1. The number of imide groups is 1. The molecule has 0 radical (unpaired) electrons. The molecule has 4 heterocycles. The zero-order valence-corrected chi connectivity index (χ0v) is 29.1. The highest BCUT2D eigenvalue weighted by Crippen LogP contribution is 2.39. The Morgan fingerprint density at radius 2 is 1.76 bits per heavy atom. The van der Waals surface area contributed by atoms with Gasteiger partial charge in [0.15, 0.2) is 11.6 Å². The minimum Gasteiger partial charge on any atom is -0.488 e. The smallest absolute Gasteiger partial charge is 0.329 e. The molecule has 2 aliphatic rings. The van der Waals surface area contributed by atoms with E-state index in [-0.39, 0.29) is 28.9 Å². The van der Waals surface area contributed by atoms with Gasteiger partial charge in [-0.25, -0.2) is 18.8 Å². The topological polar surface area (TPSA) is 148 Å². The number of fused-ring (bicyclic) bond motifs is 1. The van der Waals surface area contributed by atoms with Gasteiger partial charge in [-0.05, 0) is 102 Å². The van der Waals surface area contributed by atoms with E-state index in [9.17, 15) is 18.8 Å². The number of benzene rings is 3. The molecule has 3 amide bonds. The van der Waals surface area contributed by atoms with Crippen LogP contribution in [-0.2, 0) is 4.79 Å². The van der Waals surface area contributed by atoms with E-state index in [1.807, 2.05) is 6.92 Å². The van der Waals surface area contributed by atoms with Gasteiger partial charge in [-0.3, -0.25) is 9.59 Å². The summed E-state index contributed by atoms with van der Waals surface area (Å²) >= 11 is 0. The number of likely N-dealkylation sites (tertiary alicyclic amines) is 1. The van der Waals surface area contributed by atoms with Crippen molar-refractivity contribution in [3.05, 3.63) is 89.5 Å². The molecule has 3 aromatic carbocycles. The van der Waals surface area contributed by atoms with Crippen molar-refractivity contribution >= 4 is 40.1 Å². The van der Waals surface area contributed by atoms with Crippen LogP contribution in [0.4, 0.5) is 20.7 Å². The molecule has 0 bridgehead atoms. The Hall–Kier alpha value is -5.69. The van der Waals surface area contributed by atoms with E-state index >= 15 is 0 Å². The van der Waals surface area contributed by atoms with Gasteiger partial charge in [0.05, 0.1) is 28.8 Å². The number of rotatable bonds is 9. The third kappa shape index (κ3) is 6.29. The lowest BCUT2D eigenvalue weighted by atomic mass is 10.1. The van der Waals surface area contributed by atoms with Crippen molar-refractivity contribution in [3.63, 3.8) is 0 Å². The number of amides is 3. The number of para-hydroxylation sites is 1. The van der Waals surface area contributed by atoms with Crippen molar-refractivity contribution in [2.24, 2.45) is 0 Å². The van der Waals surface area contributed by atoms with E-state index < -0.39 is 29.1 Å². The predicted octanol–water partition coefficient (Wildman–Crippen LogP) is 6.49. The highest BCUT2D eigenvalue weighted by Gasteiger charge is 2.46. The molecule has 13 heteroatoms. The Kier molecular flexibility index (Phi) is 8.54. The van der Waals surface area contributed by atoms with Crippen molar-refractivity contribution in [2.45, 2.75) is 65.1 Å². The van der Waals surface area contributed by atoms with E-state index in [4.69, 9.17) is 15.2 Å². The second-order valence-electron chi connectivity index (χ2n) is 13.9. The van der Waals surface area contributed by atoms with E-state index in [1.54, 1.807) is 68.4 Å². The third-order valence-electron chi connectivity index (χ3n) is 9.56. The maximum Gasteiger partial charge on any atom is 0.329 e. The van der Waals surface area contributed by atoms with Crippen LogP contribution in [0.5, 0.6) is 17.2 Å². The van der Waals surface area contributed by atoms with Crippen LogP contribution in [0.15, 0.2) is 66.9 Å². The van der Waals surface area contributed by atoms with Crippen LogP contribution >= 0.6 is 0 Å². The number of nitrogens with zero attached hydrogens (tertiary/aromatic N) is 4. The molecular formula is C38H40FN7O5. The number of nitrogens with one attached hydrogen (secondary N) is 2. The number of piperidine rings is 1. The lowest BCUT2D eigenvalue weighted by Gasteiger charge is -2.35. The molecule has 7 rings (SSSR count). The van der Waals surface area contributed by atoms with E-state index in [0.29, 0.717) is 45.4 Å². The quantitative estimate of drug-likeness (QED) is 0.117. The van der Waals surface area contributed by atoms with Crippen LogP contribution in [0, 0.1) is 12.7 Å². The number of urea groups is 1. The Morgan fingerprint density at radius 1 is 1.02 bits per heavy atom. The summed E-state index contributed by atoms with van der Waals surface area (Å²) in [6, 6.07) is 16.4. The van der Waals surface area contributed by atoms with Crippen molar-refractivity contribution in [1.82, 2.24) is 25.0 Å². The lowest BCUT2D eigenvalue weighted by Crippen LogP contribution is -2.42. The van der Waals surface area contributed by atoms with Crippen LogP contribution in [0.25, 0.3) is 16.6 Å². The van der Waals surface area contributed by atoms with Gasteiger partial charge in [0.1, 0.15) is 29.0 Å². The summed E-state index contributed by atoms with van der Waals surface area (Å²) in [5.74, 6) is -0.198. The number of aromatic amines is 1. The first kappa shape index (κ1) is 33.8. The van der Waals surface area contributed by atoms with Gasteiger partial charge in [0.25, 0.3) is 5.91 Å². The summed E-state index contributed by atoms with van der Waals surface area (Å²) in [6.45, 7) is 11.2. The lowest BCUT2D eigenvalue weighted by molar-refractivity contribution is -0.121. The zero-order valence-electron chi connectivity index (χ0n) is 29.1.